The molecule has 3 nitrogen and oxygen atoms in total. The molecular weight excluding hydrogens is 139 g/mol. The Balaban J connectivity index is 3.27. The van der Waals surface area contributed by atoms with Gasteiger partial charge in [-0.2, -0.15) is 0 Å². The van der Waals surface area contributed by atoms with Crippen molar-refractivity contribution in [2.45, 2.75) is 20.0 Å². The summed E-state index contributed by atoms with van der Waals surface area (Å²) in [6, 6.07) is 0. The minimum Gasteiger partial charge on any atom is -0.432 e. The fourth-order valence-corrected chi connectivity index (χ4v) is 0.431. The minimum atomic E-state index is -0.611. The quantitative estimate of drug-likeness (QED) is 0.440. The molecule has 0 heterocycles. The number of ether oxygens (including phenoxy) is 2. The molecule has 0 aliphatic heterocycles. The van der Waals surface area contributed by atoms with Gasteiger partial charge < -0.3 is 9.47 Å². The van der Waals surface area contributed by atoms with Gasteiger partial charge in [0.2, 0.25) is 0 Å². The maximum atomic E-state index is 10.4. The Morgan fingerprint density at radius 1 is 1.67 bits per heavy atom. The summed E-state index contributed by atoms with van der Waals surface area (Å²) in [5, 5.41) is 0. The molecule has 0 aromatic rings. The lowest BCUT2D eigenvalue weighted by molar-refractivity contribution is 0.0460. The highest BCUT2D eigenvalue weighted by Gasteiger charge is 2.02. The Hall–Kier alpha value is -0.300. The molecule has 4 heteroatoms. The molecule has 0 N–H and O–H groups in total. The first kappa shape index (κ1) is 8.70. The number of hydrogen-bond donors (Lipinski definition) is 0. The Kier molecular flexibility index (Phi) is 4.41. The number of hydrogen-bond acceptors (Lipinski definition) is 3. The lowest BCUT2D eigenvalue weighted by atomic mass is 10.5. The predicted octanol–water partition coefficient (Wildman–Crippen LogP) is 1.38. The second-order valence-electron chi connectivity index (χ2n) is 1.73. The van der Waals surface area contributed by atoms with Crippen LogP contribution in [0.2, 0.25) is 0 Å². The fourth-order valence-electron chi connectivity index (χ4n) is 0.295. The van der Waals surface area contributed by atoms with Gasteiger partial charge >= 0.3 is 6.16 Å². The molecular formula is C5H11O3P. The fraction of sp³-hybridized carbons (Fsp3) is 0.800. The number of rotatable bonds is 2. The highest BCUT2D eigenvalue weighted by Crippen LogP contribution is 1.93. The van der Waals surface area contributed by atoms with Crippen molar-refractivity contribution in [3.63, 3.8) is 0 Å². The molecule has 54 valence electrons. The summed E-state index contributed by atoms with van der Waals surface area (Å²) in [6.07, 6.45) is -0.431. The zero-order valence-electron chi connectivity index (χ0n) is 5.59. The maximum absolute atomic E-state index is 10.4. The van der Waals surface area contributed by atoms with E-state index < -0.39 is 6.16 Å². The summed E-state index contributed by atoms with van der Waals surface area (Å²) in [5.74, 6) is 0. The largest absolute Gasteiger partial charge is 0.508 e. The molecule has 0 aliphatic carbocycles. The molecule has 0 saturated carbocycles. The van der Waals surface area contributed by atoms with Gasteiger partial charge in [-0.3, -0.25) is 0 Å². The van der Waals surface area contributed by atoms with Crippen molar-refractivity contribution in [1.82, 2.24) is 0 Å². The van der Waals surface area contributed by atoms with Crippen LogP contribution in [0.1, 0.15) is 13.8 Å². The van der Waals surface area contributed by atoms with E-state index in [1.54, 1.807) is 13.8 Å². The van der Waals surface area contributed by atoms with Crippen LogP contribution < -0.4 is 0 Å². The average molecular weight is 150 g/mol. The van der Waals surface area contributed by atoms with Crippen LogP contribution in [0.25, 0.3) is 0 Å². The Labute approximate surface area is 56.9 Å². The van der Waals surface area contributed by atoms with E-state index in [1.807, 2.05) is 0 Å². The molecule has 0 rings (SSSR count). The molecule has 1 unspecified atom stereocenters. The Morgan fingerprint density at radius 2 is 2.22 bits per heavy atom. The lowest BCUT2D eigenvalue weighted by Gasteiger charge is -2.05. The van der Waals surface area contributed by atoms with Crippen molar-refractivity contribution in [1.29, 1.82) is 0 Å². The Bertz CT molecular complexity index is 92.2. The summed E-state index contributed by atoms with van der Waals surface area (Å²) in [7, 11) is 2.26. The van der Waals surface area contributed by atoms with Crippen LogP contribution in [0.15, 0.2) is 0 Å². The van der Waals surface area contributed by atoms with Crippen molar-refractivity contribution in [3.05, 3.63) is 0 Å². The van der Waals surface area contributed by atoms with Crippen molar-refractivity contribution < 1.29 is 14.3 Å². The van der Waals surface area contributed by atoms with Crippen molar-refractivity contribution in [2.75, 3.05) is 6.35 Å². The van der Waals surface area contributed by atoms with Crippen LogP contribution in [-0.2, 0) is 9.47 Å². The molecule has 0 saturated heterocycles. The van der Waals surface area contributed by atoms with Crippen molar-refractivity contribution in [2.24, 2.45) is 0 Å². The van der Waals surface area contributed by atoms with Gasteiger partial charge in [-0.15, -0.1) is 0 Å². The molecule has 0 amide bonds. The first-order valence-electron chi connectivity index (χ1n) is 2.70. The zero-order valence-corrected chi connectivity index (χ0v) is 6.74. The van der Waals surface area contributed by atoms with E-state index in [-0.39, 0.29) is 12.5 Å². The van der Waals surface area contributed by atoms with Gasteiger partial charge in [-0.1, -0.05) is 9.24 Å². The molecule has 0 aliphatic rings. The first-order chi connectivity index (χ1) is 4.16. The third kappa shape index (κ3) is 5.57. The first-order valence-corrected chi connectivity index (χ1v) is 3.52. The SMILES string of the molecule is CC(C)OC(=O)OCP. The number of carbonyl (C=O) groups excluding carboxylic acids is 1. The summed E-state index contributed by atoms with van der Waals surface area (Å²) >= 11 is 0. The van der Waals surface area contributed by atoms with Gasteiger partial charge in [0.15, 0.2) is 0 Å². The summed E-state index contributed by atoms with van der Waals surface area (Å²) < 4.78 is 9.07. The van der Waals surface area contributed by atoms with E-state index in [4.69, 9.17) is 0 Å². The molecule has 0 bridgehead atoms. The summed E-state index contributed by atoms with van der Waals surface area (Å²) in [6.45, 7) is 3.54. The monoisotopic (exact) mass is 150 g/mol. The van der Waals surface area contributed by atoms with E-state index in [0.29, 0.717) is 0 Å². The normalized spacial score (nSPS) is 9.33. The predicted molar refractivity (Wildman–Crippen MR) is 37.3 cm³/mol. The van der Waals surface area contributed by atoms with Crippen LogP contribution in [0.5, 0.6) is 0 Å². The van der Waals surface area contributed by atoms with Crippen LogP contribution in [0.3, 0.4) is 0 Å². The molecule has 0 spiro atoms. The third-order valence-corrected chi connectivity index (χ3v) is 0.700. The third-order valence-electron chi connectivity index (χ3n) is 0.533. The van der Waals surface area contributed by atoms with Gasteiger partial charge in [-0.25, -0.2) is 4.79 Å². The average Bonchev–Trinajstić information content (AvgIpc) is 1.63. The second-order valence-corrected chi connectivity index (χ2v) is 2.06. The van der Waals surface area contributed by atoms with Crippen LogP contribution in [0.4, 0.5) is 4.79 Å². The topological polar surface area (TPSA) is 35.5 Å². The van der Waals surface area contributed by atoms with Gasteiger partial charge in [0.05, 0.1) is 6.10 Å². The highest BCUT2D eigenvalue weighted by molar-refractivity contribution is 7.16. The van der Waals surface area contributed by atoms with Crippen molar-refractivity contribution in [3.8, 4) is 0 Å². The molecule has 0 aromatic heterocycles. The highest BCUT2D eigenvalue weighted by atomic mass is 31.0. The van der Waals surface area contributed by atoms with Crippen LogP contribution >= 0.6 is 9.24 Å². The minimum absolute atomic E-state index is 0.103. The second kappa shape index (κ2) is 4.57. The van der Waals surface area contributed by atoms with Gasteiger partial charge in [0.1, 0.15) is 6.35 Å². The van der Waals surface area contributed by atoms with E-state index >= 15 is 0 Å². The van der Waals surface area contributed by atoms with E-state index in [0.717, 1.165) is 0 Å². The van der Waals surface area contributed by atoms with Crippen molar-refractivity contribution >= 4 is 15.4 Å². The van der Waals surface area contributed by atoms with Gasteiger partial charge in [0.25, 0.3) is 0 Å². The molecule has 9 heavy (non-hydrogen) atoms. The van der Waals surface area contributed by atoms with E-state index in [9.17, 15) is 4.79 Å². The van der Waals surface area contributed by atoms with Gasteiger partial charge in [-0.05, 0) is 13.8 Å². The smallest absolute Gasteiger partial charge is 0.432 e. The lowest BCUT2D eigenvalue weighted by Crippen LogP contribution is -2.11. The number of carbonyl (C=O) groups is 1. The molecule has 0 aromatic carbocycles. The van der Waals surface area contributed by atoms with Gasteiger partial charge in [0, 0.05) is 0 Å². The molecule has 1 atom stereocenters. The molecule has 0 radical (unpaired) electrons. The Morgan fingerprint density at radius 3 is 2.56 bits per heavy atom. The summed E-state index contributed by atoms with van der Waals surface area (Å²) in [5.41, 5.74) is 0. The van der Waals surface area contributed by atoms with E-state index in [2.05, 4.69) is 18.7 Å². The zero-order chi connectivity index (χ0) is 7.28. The van der Waals surface area contributed by atoms with Crippen LogP contribution in [-0.4, -0.2) is 18.6 Å². The standard InChI is InChI=1S/C5H11O3P/c1-4(2)8-5(6)7-3-9/h4H,3,9H2,1-2H3. The molecule has 0 fully saturated rings. The maximum Gasteiger partial charge on any atom is 0.508 e. The summed E-state index contributed by atoms with van der Waals surface area (Å²) in [4.78, 5) is 10.4. The van der Waals surface area contributed by atoms with E-state index in [1.165, 1.54) is 0 Å². The van der Waals surface area contributed by atoms with Crippen LogP contribution in [0, 0.1) is 0 Å².